The highest BCUT2D eigenvalue weighted by Gasteiger charge is 2.39. The van der Waals surface area contributed by atoms with Crippen LogP contribution in [0.5, 0.6) is 0 Å². The molecule has 20 heavy (non-hydrogen) atoms. The largest absolute Gasteiger partial charge is 0.443 e. The summed E-state index contributed by atoms with van der Waals surface area (Å²) in [6, 6.07) is 0. The average Bonchev–Trinajstić information content (AvgIpc) is 2.08. The van der Waals surface area contributed by atoms with Crippen LogP contribution in [0.2, 0.25) is 18.1 Å². The molecule has 1 amide bonds. The predicted molar refractivity (Wildman–Crippen MR) is 79.7 cm³/mol. The second kappa shape index (κ2) is 6.00. The minimum Gasteiger partial charge on any atom is -0.443 e. The lowest BCUT2D eigenvalue weighted by atomic mass is 10.2. The molecular weight excluding hydrogens is 300 g/mol. The van der Waals surface area contributed by atoms with E-state index in [-0.39, 0.29) is 5.04 Å². The smallest absolute Gasteiger partial charge is 0.422 e. The number of carbonyl (C=O) groups is 1. The first-order valence-corrected chi connectivity index (χ1v) is 10.7. The van der Waals surface area contributed by atoms with Gasteiger partial charge in [0.1, 0.15) is 5.60 Å². The van der Waals surface area contributed by atoms with Gasteiger partial charge in [-0.2, -0.15) is 8.42 Å². The second-order valence-corrected chi connectivity index (χ2v) is 13.2. The zero-order valence-electron chi connectivity index (χ0n) is 13.4. The third-order valence-electron chi connectivity index (χ3n) is 2.83. The summed E-state index contributed by atoms with van der Waals surface area (Å²) in [7, 11) is -6.40. The van der Waals surface area contributed by atoms with Gasteiger partial charge in [0.25, 0.3) is 0 Å². The molecule has 2 N–H and O–H groups in total. The minimum absolute atomic E-state index is 0.165. The first kappa shape index (κ1) is 19.4. The first-order valence-electron chi connectivity index (χ1n) is 6.26. The first-order chi connectivity index (χ1) is 8.56. The average molecular weight is 326 g/mol. The number of carbonyl (C=O) groups excluding carboxylic acids is 1. The summed E-state index contributed by atoms with van der Waals surface area (Å²) < 4.78 is 35.3. The highest BCUT2D eigenvalue weighted by Crippen LogP contribution is 2.35. The van der Waals surface area contributed by atoms with Crippen LogP contribution in [0.15, 0.2) is 0 Å². The monoisotopic (exact) mass is 326 g/mol. The molecular formula is C11H26N2O5SSi. The number of ether oxygens (including phenoxy) is 1. The number of nitrogens with one attached hydrogen (secondary N) is 2. The lowest BCUT2D eigenvalue weighted by Crippen LogP contribution is -2.50. The van der Waals surface area contributed by atoms with Gasteiger partial charge in [-0.1, -0.05) is 25.7 Å². The number of amides is 1. The van der Waals surface area contributed by atoms with E-state index in [0.717, 1.165) is 0 Å². The molecule has 0 saturated heterocycles. The maximum absolute atomic E-state index is 11.7. The molecule has 0 aromatic rings. The fraction of sp³-hybridized carbons (Fsp3) is 0.909. The molecule has 0 aliphatic carbocycles. The van der Waals surface area contributed by atoms with Crippen LogP contribution in [0.3, 0.4) is 0 Å². The Hall–Kier alpha value is -0.643. The van der Waals surface area contributed by atoms with E-state index in [1.807, 2.05) is 38.8 Å². The van der Waals surface area contributed by atoms with Gasteiger partial charge in [-0.3, -0.25) is 0 Å². The van der Waals surface area contributed by atoms with Crippen LogP contribution < -0.4 is 9.61 Å². The van der Waals surface area contributed by atoms with Crippen molar-refractivity contribution < 1.29 is 22.5 Å². The fourth-order valence-electron chi connectivity index (χ4n) is 0.742. The van der Waals surface area contributed by atoms with Crippen molar-refractivity contribution in [1.82, 2.24) is 9.61 Å². The van der Waals surface area contributed by atoms with Gasteiger partial charge < -0.3 is 9.26 Å². The van der Waals surface area contributed by atoms with Crippen LogP contribution in [0.25, 0.3) is 0 Å². The van der Waals surface area contributed by atoms with Gasteiger partial charge in [0.2, 0.25) is 8.32 Å². The number of rotatable bonds is 4. The van der Waals surface area contributed by atoms with Crippen LogP contribution in [0.1, 0.15) is 41.5 Å². The molecule has 0 saturated carbocycles. The van der Waals surface area contributed by atoms with Crippen LogP contribution in [0.4, 0.5) is 4.79 Å². The Bertz CT molecular complexity index is 448. The van der Waals surface area contributed by atoms with Gasteiger partial charge in [-0.05, 0) is 38.9 Å². The summed E-state index contributed by atoms with van der Waals surface area (Å²) in [5, 5.41) is -0.165. The second-order valence-electron chi connectivity index (χ2n) is 7.05. The Labute approximate surface area is 122 Å². The maximum Gasteiger partial charge on any atom is 0.422 e. The van der Waals surface area contributed by atoms with Crippen molar-refractivity contribution in [2.24, 2.45) is 0 Å². The van der Waals surface area contributed by atoms with E-state index in [0.29, 0.717) is 0 Å². The standard InChI is InChI=1S/C11H26N2O5SSi/c1-10(2,3)17-9(14)12-19(15,16)13-18-20(7,8)11(4,5)6/h13H,1-8H3,(H,12,14). The van der Waals surface area contributed by atoms with E-state index in [1.54, 1.807) is 25.5 Å². The van der Waals surface area contributed by atoms with E-state index in [1.165, 1.54) is 0 Å². The summed E-state index contributed by atoms with van der Waals surface area (Å²) in [6.45, 7) is 14.6. The van der Waals surface area contributed by atoms with Gasteiger partial charge in [-0.25, -0.2) is 9.52 Å². The highest BCUT2D eigenvalue weighted by atomic mass is 32.2. The van der Waals surface area contributed by atoms with Crippen LogP contribution in [-0.2, 0) is 19.5 Å². The zero-order chi connectivity index (χ0) is 16.4. The van der Waals surface area contributed by atoms with Crippen molar-refractivity contribution in [3.05, 3.63) is 0 Å². The Morgan fingerprint density at radius 1 is 1.05 bits per heavy atom. The van der Waals surface area contributed by atoms with Gasteiger partial charge >= 0.3 is 16.3 Å². The van der Waals surface area contributed by atoms with E-state index in [2.05, 4.69) is 0 Å². The van der Waals surface area contributed by atoms with Gasteiger partial charge in [0, 0.05) is 0 Å². The van der Waals surface area contributed by atoms with Crippen molar-refractivity contribution in [1.29, 1.82) is 0 Å². The van der Waals surface area contributed by atoms with E-state index in [4.69, 9.17) is 9.26 Å². The minimum atomic E-state index is -4.11. The van der Waals surface area contributed by atoms with Gasteiger partial charge in [0.05, 0.1) is 0 Å². The number of hydrogen-bond donors (Lipinski definition) is 2. The lowest BCUT2D eigenvalue weighted by Gasteiger charge is -2.35. The Balaban J connectivity index is 4.60. The molecule has 0 aliphatic rings. The Kier molecular flexibility index (Phi) is 5.81. The number of hydrogen-bond acceptors (Lipinski definition) is 5. The van der Waals surface area contributed by atoms with Crippen LogP contribution in [-0.4, -0.2) is 28.4 Å². The summed E-state index contributed by atoms with van der Waals surface area (Å²) in [5.74, 6) is 0. The fourth-order valence-corrected chi connectivity index (χ4v) is 2.62. The van der Waals surface area contributed by atoms with Gasteiger partial charge in [0.15, 0.2) is 0 Å². The maximum atomic E-state index is 11.7. The molecule has 120 valence electrons. The highest BCUT2D eigenvalue weighted by molar-refractivity contribution is 7.87. The summed E-state index contributed by atoms with van der Waals surface area (Å²) in [6.07, 6.45) is -1.05. The van der Waals surface area contributed by atoms with Crippen molar-refractivity contribution in [2.45, 2.75) is 65.3 Å². The molecule has 0 atom stereocenters. The quantitative estimate of drug-likeness (QED) is 0.610. The Morgan fingerprint density at radius 3 is 1.85 bits per heavy atom. The van der Waals surface area contributed by atoms with Gasteiger partial charge in [-0.15, -0.1) is 0 Å². The predicted octanol–water partition coefficient (Wildman–Crippen LogP) is 2.28. The summed E-state index contributed by atoms with van der Waals surface area (Å²) in [4.78, 5) is 13.3. The van der Waals surface area contributed by atoms with Crippen molar-refractivity contribution in [3.8, 4) is 0 Å². The molecule has 0 radical (unpaired) electrons. The van der Waals surface area contributed by atoms with Crippen LogP contribution >= 0.6 is 0 Å². The molecule has 7 nitrogen and oxygen atoms in total. The van der Waals surface area contributed by atoms with Crippen molar-refractivity contribution >= 4 is 24.6 Å². The molecule has 0 heterocycles. The molecule has 0 bridgehead atoms. The SMILES string of the molecule is CC(C)(C)OC(=O)NS(=O)(=O)NO[Si](C)(C)C(C)(C)C. The lowest BCUT2D eigenvalue weighted by molar-refractivity contribution is 0.0566. The molecule has 0 unspecified atom stereocenters. The molecule has 0 aliphatic heterocycles. The normalized spacial score (nSPS) is 14.0. The van der Waals surface area contributed by atoms with Crippen molar-refractivity contribution in [2.75, 3.05) is 0 Å². The third kappa shape index (κ3) is 7.22. The molecule has 0 fully saturated rings. The summed E-state index contributed by atoms with van der Waals surface area (Å²) >= 11 is 0. The van der Waals surface area contributed by atoms with E-state index in [9.17, 15) is 13.2 Å². The molecule has 0 aromatic carbocycles. The topological polar surface area (TPSA) is 93.7 Å². The molecule has 0 aromatic heterocycles. The van der Waals surface area contributed by atoms with Crippen molar-refractivity contribution in [3.63, 3.8) is 0 Å². The van der Waals surface area contributed by atoms with E-state index >= 15 is 0 Å². The Morgan fingerprint density at radius 2 is 1.50 bits per heavy atom. The molecule has 0 rings (SSSR count). The van der Waals surface area contributed by atoms with Crippen LogP contribution in [0, 0.1) is 0 Å². The summed E-state index contributed by atoms with van der Waals surface area (Å²) in [5.41, 5.74) is -0.778. The third-order valence-corrected chi connectivity index (χ3v) is 7.94. The zero-order valence-corrected chi connectivity index (χ0v) is 15.3. The van der Waals surface area contributed by atoms with E-state index < -0.39 is 30.2 Å². The molecule has 0 spiro atoms. The molecule has 9 heteroatoms.